The van der Waals surface area contributed by atoms with Crippen molar-refractivity contribution in [3.8, 4) is 22.4 Å². The van der Waals surface area contributed by atoms with Crippen LogP contribution in [0.3, 0.4) is 0 Å². The van der Waals surface area contributed by atoms with Gasteiger partial charge in [-0.15, -0.1) is 0 Å². The molecular weight excluding hydrogens is 428 g/mol. The maximum atomic E-state index is 5.57. The number of aromatic amines is 1. The van der Waals surface area contributed by atoms with Gasteiger partial charge < -0.3 is 14.6 Å². The van der Waals surface area contributed by atoms with Gasteiger partial charge in [0.05, 0.1) is 37.2 Å². The number of hydrogen-bond acceptors (Lipinski definition) is 7. The first-order valence-corrected chi connectivity index (χ1v) is 12.2. The van der Waals surface area contributed by atoms with Crippen LogP contribution >= 0.6 is 0 Å². The summed E-state index contributed by atoms with van der Waals surface area (Å²) in [6.45, 7) is 7.14. The highest BCUT2D eigenvalue weighted by Crippen LogP contribution is 2.37. The molecule has 0 unspecified atom stereocenters. The molecule has 1 N–H and O–H groups in total. The summed E-state index contributed by atoms with van der Waals surface area (Å²) in [5.41, 5.74) is 7.36. The molecule has 4 aromatic heterocycles. The van der Waals surface area contributed by atoms with Crippen LogP contribution in [-0.4, -0.2) is 74.0 Å². The Labute approximate surface area is 197 Å². The number of morpholine rings is 1. The van der Waals surface area contributed by atoms with Crippen molar-refractivity contribution in [1.29, 1.82) is 0 Å². The number of fused-ring (bicyclic) bond motifs is 2. The van der Waals surface area contributed by atoms with Crippen molar-refractivity contribution in [2.24, 2.45) is 5.92 Å². The predicted octanol–water partition coefficient (Wildman–Crippen LogP) is 2.95. The molecule has 9 nitrogen and oxygen atoms in total. The molecule has 0 amide bonds. The van der Waals surface area contributed by atoms with E-state index < -0.39 is 0 Å². The van der Waals surface area contributed by atoms with E-state index in [0.717, 1.165) is 72.4 Å². The number of ether oxygens (including phenoxy) is 1. The highest BCUT2D eigenvalue weighted by atomic mass is 16.5. The average molecular weight is 457 g/mol. The molecule has 0 bridgehead atoms. The summed E-state index contributed by atoms with van der Waals surface area (Å²) in [6.07, 6.45) is 10.5. The minimum atomic E-state index is 0.694. The quantitative estimate of drug-likeness (QED) is 0.494. The minimum absolute atomic E-state index is 0.694. The van der Waals surface area contributed by atoms with Gasteiger partial charge in [0.25, 0.3) is 0 Å². The van der Waals surface area contributed by atoms with E-state index in [0.29, 0.717) is 13.2 Å². The van der Waals surface area contributed by atoms with Crippen LogP contribution in [0.5, 0.6) is 0 Å². The first kappa shape index (κ1) is 20.1. The number of aromatic nitrogens is 6. The summed E-state index contributed by atoms with van der Waals surface area (Å²) in [6, 6.07) is 4.01. The summed E-state index contributed by atoms with van der Waals surface area (Å²) in [5, 5.41) is 4.74. The highest BCUT2D eigenvalue weighted by Gasteiger charge is 2.29. The lowest BCUT2D eigenvalue weighted by atomic mass is 10.1. The van der Waals surface area contributed by atoms with Gasteiger partial charge in [-0.2, -0.15) is 5.10 Å². The molecule has 1 aliphatic carbocycles. The molecule has 1 saturated heterocycles. The molecule has 0 aromatic carbocycles. The number of rotatable bonds is 5. The Morgan fingerprint density at radius 3 is 2.68 bits per heavy atom. The lowest BCUT2D eigenvalue weighted by molar-refractivity contribution is 0.122. The summed E-state index contributed by atoms with van der Waals surface area (Å²) in [5.74, 6) is 1.64. The Morgan fingerprint density at radius 2 is 1.85 bits per heavy atom. The van der Waals surface area contributed by atoms with Crippen molar-refractivity contribution in [1.82, 2.24) is 34.6 Å². The van der Waals surface area contributed by atoms with Crippen LogP contribution in [0, 0.1) is 5.92 Å². The van der Waals surface area contributed by atoms with Crippen molar-refractivity contribution in [3.05, 3.63) is 42.6 Å². The van der Waals surface area contributed by atoms with E-state index in [1.54, 1.807) is 0 Å². The monoisotopic (exact) mass is 456 g/mol. The third kappa shape index (κ3) is 3.56. The van der Waals surface area contributed by atoms with Crippen LogP contribution in [0.15, 0.2) is 36.9 Å². The van der Waals surface area contributed by atoms with Gasteiger partial charge in [-0.05, 0) is 30.9 Å². The van der Waals surface area contributed by atoms with Crippen molar-refractivity contribution in [2.75, 3.05) is 44.3 Å². The second-order valence-corrected chi connectivity index (χ2v) is 9.54. The standard InChI is InChI=1S/C25H28N8O/c1-2-17(1)15-31-7-8-33-21(16-31)19(14-28-33)20-13-27-24-22(18-3-5-26-6-4-18)29-25(30-23(20)24)32-9-11-34-12-10-32/h3-6,13-14,17,27H,1-2,7-12,15-16H2. The van der Waals surface area contributed by atoms with Crippen molar-refractivity contribution >= 4 is 17.0 Å². The third-order valence-electron chi connectivity index (χ3n) is 7.21. The van der Waals surface area contributed by atoms with Gasteiger partial charge >= 0.3 is 0 Å². The van der Waals surface area contributed by atoms with Gasteiger partial charge in [0.15, 0.2) is 0 Å². The van der Waals surface area contributed by atoms with Crippen LogP contribution in [0.4, 0.5) is 5.95 Å². The van der Waals surface area contributed by atoms with Crippen LogP contribution in [0.2, 0.25) is 0 Å². The van der Waals surface area contributed by atoms with E-state index in [9.17, 15) is 0 Å². The highest BCUT2D eigenvalue weighted by molar-refractivity contribution is 6.00. The molecule has 34 heavy (non-hydrogen) atoms. The summed E-state index contributed by atoms with van der Waals surface area (Å²) >= 11 is 0. The SMILES string of the molecule is c1cc(-c2nc(N3CCOCC3)nc3c(-c4cnn5c4CN(CC4CC4)CC5)c[nH]c23)ccn1. The van der Waals surface area contributed by atoms with Crippen LogP contribution < -0.4 is 4.90 Å². The van der Waals surface area contributed by atoms with Crippen LogP contribution in [0.25, 0.3) is 33.4 Å². The minimum Gasteiger partial charge on any atom is -0.378 e. The van der Waals surface area contributed by atoms with Gasteiger partial charge in [0, 0.05) is 68.0 Å². The van der Waals surface area contributed by atoms with E-state index in [2.05, 4.69) is 30.6 Å². The number of nitrogens with zero attached hydrogens (tertiary/aromatic N) is 7. The summed E-state index contributed by atoms with van der Waals surface area (Å²) < 4.78 is 7.74. The fourth-order valence-corrected chi connectivity index (χ4v) is 5.17. The lowest BCUT2D eigenvalue weighted by Crippen LogP contribution is -2.37. The summed E-state index contributed by atoms with van der Waals surface area (Å²) in [7, 11) is 0. The van der Waals surface area contributed by atoms with Crippen LogP contribution in [0.1, 0.15) is 18.5 Å². The van der Waals surface area contributed by atoms with Crippen molar-refractivity contribution in [3.63, 3.8) is 0 Å². The zero-order chi connectivity index (χ0) is 22.5. The van der Waals surface area contributed by atoms with Gasteiger partial charge in [-0.1, -0.05) is 0 Å². The van der Waals surface area contributed by atoms with E-state index in [1.165, 1.54) is 30.6 Å². The zero-order valence-electron chi connectivity index (χ0n) is 19.2. The molecule has 2 fully saturated rings. The molecule has 4 aromatic rings. The summed E-state index contributed by atoms with van der Waals surface area (Å²) in [4.78, 5) is 22.6. The molecule has 6 heterocycles. The first-order chi connectivity index (χ1) is 16.8. The molecule has 3 aliphatic rings. The Kier molecular flexibility index (Phi) is 4.83. The van der Waals surface area contributed by atoms with E-state index in [1.807, 2.05) is 30.7 Å². The smallest absolute Gasteiger partial charge is 0.226 e. The molecule has 7 rings (SSSR count). The fraction of sp³-hybridized carbons (Fsp3) is 0.440. The second-order valence-electron chi connectivity index (χ2n) is 9.54. The molecule has 0 atom stereocenters. The molecule has 1 saturated carbocycles. The normalized spacial score (nSPS) is 19.0. The first-order valence-electron chi connectivity index (χ1n) is 12.2. The number of anilines is 1. The molecule has 9 heteroatoms. The maximum Gasteiger partial charge on any atom is 0.226 e. The molecule has 0 radical (unpaired) electrons. The van der Waals surface area contributed by atoms with E-state index in [4.69, 9.17) is 19.8 Å². The molecular formula is C25H28N8O. The fourth-order valence-electron chi connectivity index (χ4n) is 5.17. The Hall–Kier alpha value is -3.30. The third-order valence-corrected chi connectivity index (χ3v) is 7.21. The van der Waals surface area contributed by atoms with Crippen LogP contribution in [-0.2, 0) is 17.8 Å². The predicted molar refractivity (Wildman–Crippen MR) is 129 cm³/mol. The van der Waals surface area contributed by atoms with E-state index in [-0.39, 0.29) is 0 Å². The Morgan fingerprint density at radius 1 is 1.00 bits per heavy atom. The largest absolute Gasteiger partial charge is 0.378 e. The zero-order valence-corrected chi connectivity index (χ0v) is 19.2. The van der Waals surface area contributed by atoms with E-state index >= 15 is 0 Å². The number of nitrogens with one attached hydrogen (secondary N) is 1. The lowest BCUT2D eigenvalue weighted by Gasteiger charge is -2.28. The van der Waals surface area contributed by atoms with Gasteiger partial charge in [0.1, 0.15) is 11.2 Å². The molecule has 2 aliphatic heterocycles. The number of hydrogen-bond donors (Lipinski definition) is 1. The van der Waals surface area contributed by atoms with Crippen molar-refractivity contribution < 1.29 is 4.74 Å². The number of pyridine rings is 1. The maximum absolute atomic E-state index is 5.57. The number of H-pyrrole nitrogens is 1. The average Bonchev–Trinajstić information content (AvgIpc) is 3.45. The molecule has 174 valence electrons. The Bertz CT molecular complexity index is 1320. The molecule has 0 spiro atoms. The van der Waals surface area contributed by atoms with Gasteiger partial charge in [0.2, 0.25) is 5.95 Å². The van der Waals surface area contributed by atoms with Gasteiger partial charge in [-0.3, -0.25) is 14.6 Å². The van der Waals surface area contributed by atoms with Crippen molar-refractivity contribution in [2.45, 2.75) is 25.9 Å². The second kappa shape index (κ2) is 8.18. The Balaban J connectivity index is 1.35. The van der Waals surface area contributed by atoms with Gasteiger partial charge in [-0.25, -0.2) is 9.97 Å². The topological polar surface area (TPSA) is 88.0 Å².